The first-order chi connectivity index (χ1) is 33.7. The van der Waals surface area contributed by atoms with Gasteiger partial charge < -0.3 is 46.3 Å². The lowest BCUT2D eigenvalue weighted by Gasteiger charge is -2.32. The molecule has 8 amide bonds. The third-order valence-corrected chi connectivity index (χ3v) is 15.0. The molecule has 1 saturated carbocycles. The lowest BCUT2D eigenvalue weighted by Crippen LogP contribution is -2.58. The number of hydrogen-bond acceptors (Lipinski definition) is 9. The number of amides is 8. The van der Waals surface area contributed by atoms with E-state index < -0.39 is 78.4 Å². The van der Waals surface area contributed by atoms with Gasteiger partial charge in [-0.2, -0.15) is 8.78 Å². The zero-order chi connectivity index (χ0) is 51.4. The van der Waals surface area contributed by atoms with Crippen LogP contribution in [0.4, 0.5) is 8.78 Å². The summed E-state index contributed by atoms with van der Waals surface area (Å²) in [5, 5.41) is 10.7. The van der Waals surface area contributed by atoms with Gasteiger partial charge in [0.05, 0.1) is 0 Å². The summed E-state index contributed by atoms with van der Waals surface area (Å²) in [6.45, 7) is 4.61. The number of halogens is 2. The van der Waals surface area contributed by atoms with E-state index >= 15 is 0 Å². The minimum absolute atomic E-state index is 0.00201. The minimum atomic E-state index is -5.85. The monoisotopic (exact) mass is 1000 g/mol. The summed E-state index contributed by atoms with van der Waals surface area (Å²) in [6.07, 6.45) is 5.08. The molecule has 3 aromatic rings. The zero-order valence-electron chi connectivity index (χ0n) is 39.4. The summed E-state index contributed by atoms with van der Waals surface area (Å²) >= 11 is 0. The first-order valence-electron chi connectivity index (χ1n) is 24.0. The van der Waals surface area contributed by atoms with E-state index in [1.54, 1.807) is 12.1 Å². The summed E-state index contributed by atoms with van der Waals surface area (Å²) in [5.74, 6) is 2.08. The predicted molar refractivity (Wildman–Crippen MR) is 252 cm³/mol. The van der Waals surface area contributed by atoms with Crippen LogP contribution in [0.1, 0.15) is 128 Å². The molecule has 0 spiro atoms. The Balaban J connectivity index is 0.910. The van der Waals surface area contributed by atoms with Crippen molar-refractivity contribution >= 4 is 65.8 Å². The van der Waals surface area contributed by atoms with Gasteiger partial charge in [0.15, 0.2) is 0 Å². The van der Waals surface area contributed by atoms with Crippen molar-refractivity contribution < 1.29 is 61.5 Å². The highest BCUT2D eigenvalue weighted by molar-refractivity contribution is 7.52. The lowest BCUT2D eigenvalue weighted by molar-refractivity contribution is -0.142. The maximum absolute atomic E-state index is 14.5. The Bertz CT molecular complexity index is 2730. The highest BCUT2D eigenvalue weighted by Gasteiger charge is 2.63. The minimum Gasteiger partial charge on any atom is -0.370 e. The lowest BCUT2D eigenvalue weighted by atomic mass is 10.0. The quantitative estimate of drug-likeness (QED) is 0.0331. The normalized spacial score (nSPS) is 21.4. The molecule has 1 aromatic heterocycles. The van der Waals surface area contributed by atoms with Crippen molar-refractivity contribution in [3.8, 4) is 11.8 Å². The first kappa shape index (κ1) is 52.3. The number of likely N-dealkylation sites (tertiary alicyclic amines) is 1. The van der Waals surface area contributed by atoms with Gasteiger partial charge in [-0.25, -0.2) is 0 Å². The number of unbranched alkanes of at least 4 members (excludes halogenated alkanes) is 5. The Morgan fingerprint density at radius 1 is 0.986 bits per heavy atom. The number of nitrogens with one attached hydrogen (secondary N) is 5. The summed E-state index contributed by atoms with van der Waals surface area (Å²) < 4.78 is 40.4. The van der Waals surface area contributed by atoms with Crippen molar-refractivity contribution in [2.75, 3.05) is 13.1 Å². The fourth-order valence-corrected chi connectivity index (χ4v) is 10.4. The van der Waals surface area contributed by atoms with Gasteiger partial charge in [-0.15, -0.1) is 0 Å². The Labute approximate surface area is 408 Å². The number of nitrogens with zero attached hydrogens (tertiary/aromatic N) is 2. The number of H-pyrrole nitrogens is 1. The number of benzene rings is 2. The number of imide groups is 1. The fraction of sp³-hybridized carbons (Fsp3) is 0.510. The maximum atomic E-state index is 14.5. The smallest absolute Gasteiger partial charge is 0.370 e. The van der Waals surface area contributed by atoms with E-state index in [-0.39, 0.29) is 97.9 Å². The number of fused-ring (bicyclic) bond motifs is 3. The number of nitrogens with two attached hydrogens (primary N) is 1. The molecule has 3 aliphatic heterocycles. The maximum Gasteiger partial charge on any atom is 0.399 e. The fourth-order valence-electron chi connectivity index (χ4n) is 9.89. The van der Waals surface area contributed by atoms with Crippen LogP contribution < -0.4 is 27.0 Å². The van der Waals surface area contributed by atoms with Crippen molar-refractivity contribution in [2.24, 2.45) is 23.5 Å². The average Bonchev–Trinajstić information content (AvgIpc) is 3.68. The number of hydrogen-bond donors (Lipinski definition) is 8. The summed E-state index contributed by atoms with van der Waals surface area (Å²) in [6, 6.07) is 5.48. The molecule has 0 bridgehead atoms. The Hall–Kier alpha value is -6.49. The number of aromatic nitrogens is 1. The van der Waals surface area contributed by atoms with E-state index in [2.05, 4.69) is 38.1 Å². The molecule has 1 aliphatic carbocycles. The number of piperidine rings is 2. The van der Waals surface area contributed by atoms with Crippen molar-refractivity contribution in [1.29, 1.82) is 0 Å². The number of primary amides is 1. The third-order valence-electron chi connectivity index (χ3n) is 14.0. The molecular weight excluding hydrogens is 946 g/mol. The molecule has 4 heterocycles. The van der Waals surface area contributed by atoms with Crippen molar-refractivity contribution in [3.63, 3.8) is 0 Å². The number of carbonyl (C=O) groups is 8. The highest BCUT2D eigenvalue weighted by Crippen LogP contribution is 2.59. The predicted octanol–water partition coefficient (Wildman–Crippen LogP) is 3.41. The molecular formula is C49H59F2N8O11P. The third kappa shape index (κ3) is 11.7. The van der Waals surface area contributed by atoms with Gasteiger partial charge in [-0.05, 0) is 85.8 Å². The van der Waals surface area contributed by atoms with Crippen LogP contribution in [-0.2, 0) is 45.5 Å². The topological polar surface area (TPSA) is 290 Å². The van der Waals surface area contributed by atoms with Crippen LogP contribution in [0.25, 0.3) is 10.9 Å². The molecule has 7 atom stereocenters. The molecule has 0 radical (unpaired) electrons. The van der Waals surface area contributed by atoms with Gasteiger partial charge in [0, 0.05) is 66.5 Å². The SMILES string of the molecule is CCCC[C@H](NC(=O)c1cc2cc(C(F)(F)P(=O)(O)O)ccc2[nH]1)C(=O)N1C[C@@H]2[C@H](C)[C@@H]2[C@@H]1C(=O)N[C@@H](CCC(N)=O)C(=O)NCCCCCCC#Cc1cccc2c1CN(C1CCC(=O)NC1=O)C2=O. The first-order valence-corrected chi connectivity index (χ1v) is 25.6. The van der Waals surface area contributed by atoms with Crippen LogP contribution in [0.5, 0.6) is 0 Å². The van der Waals surface area contributed by atoms with Gasteiger partial charge in [0.2, 0.25) is 35.4 Å². The molecule has 7 rings (SSSR count). The van der Waals surface area contributed by atoms with Gasteiger partial charge in [-0.3, -0.25) is 48.2 Å². The van der Waals surface area contributed by atoms with E-state index in [4.69, 9.17) is 5.73 Å². The van der Waals surface area contributed by atoms with E-state index in [0.717, 1.165) is 43.0 Å². The van der Waals surface area contributed by atoms with Crippen molar-refractivity contribution in [1.82, 2.24) is 36.1 Å². The molecule has 3 fully saturated rings. The molecule has 1 unspecified atom stereocenters. The van der Waals surface area contributed by atoms with Crippen molar-refractivity contribution in [2.45, 2.75) is 127 Å². The molecule has 22 heteroatoms. The van der Waals surface area contributed by atoms with Crippen LogP contribution in [0.3, 0.4) is 0 Å². The van der Waals surface area contributed by atoms with E-state index in [1.807, 2.05) is 19.9 Å². The molecule has 2 saturated heterocycles. The second kappa shape index (κ2) is 21.9. The number of rotatable bonds is 21. The van der Waals surface area contributed by atoms with Crippen molar-refractivity contribution in [3.05, 3.63) is 70.4 Å². The number of carbonyl (C=O) groups excluding carboxylic acids is 8. The standard InChI is InChI=1S/C49H59F2N8O11P/c1-3-4-15-36(56-44(63)37-24-29-23-30(16-17-34(29)54-37)49(50,51)71(68,69)70)48(67)59-25-32-27(2)41(32)42(59)46(65)55-35(18-20-39(52)60)43(62)53-22-10-8-6-5-7-9-12-28-13-11-14-31-33(28)26-58(47(31)66)38-19-21-40(61)57-45(38)64/h11,13-14,16-17,23-24,27,32,35-36,38,41-42,54H,3-8,10,15,18-22,25-26H2,1-2H3,(H2,52,60)(H,53,62)(H,55,65)(H,56,63)(H,57,61,64)(H2,68,69,70)/t27-,32+,35-,36-,38?,41-,42+/m0/s1. The summed E-state index contributed by atoms with van der Waals surface area (Å²) in [5.41, 5.74) is 2.11. The molecule has 2 aromatic carbocycles. The Kier molecular flexibility index (Phi) is 16.1. The summed E-state index contributed by atoms with van der Waals surface area (Å²) in [7, 11) is -5.85. The van der Waals surface area contributed by atoms with Gasteiger partial charge in [-0.1, -0.05) is 63.5 Å². The number of alkyl halides is 2. The van der Waals surface area contributed by atoms with Crippen LogP contribution in [0.15, 0.2) is 42.5 Å². The molecule has 71 heavy (non-hydrogen) atoms. The van der Waals surface area contributed by atoms with E-state index in [0.29, 0.717) is 36.8 Å². The van der Waals surface area contributed by atoms with Crippen LogP contribution in [0.2, 0.25) is 0 Å². The molecule has 4 aliphatic rings. The van der Waals surface area contributed by atoms with E-state index in [1.165, 1.54) is 15.9 Å². The zero-order valence-corrected chi connectivity index (χ0v) is 40.3. The highest BCUT2D eigenvalue weighted by atomic mass is 31.2. The second-order valence-corrected chi connectivity index (χ2v) is 20.5. The van der Waals surface area contributed by atoms with Crippen LogP contribution in [-0.4, -0.2) is 109 Å². The molecule has 9 N–H and O–H groups in total. The Morgan fingerprint density at radius 2 is 1.75 bits per heavy atom. The second-order valence-electron chi connectivity index (χ2n) is 18.8. The number of aromatic amines is 1. The van der Waals surface area contributed by atoms with Gasteiger partial charge in [0.1, 0.15) is 29.9 Å². The van der Waals surface area contributed by atoms with Gasteiger partial charge >= 0.3 is 13.3 Å². The largest absolute Gasteiger partial charge is 0.399 e. The molecule has 380 valence electrons. The van der Waals surface area contributed by atoms with Gasteiger partial charge in [0.25, 0.3) is 11.8 Å². The molecule has 19 nitrogen and oxygen atoms in total. The Morgan fingerprint density at radius 3 is 2.46 bits per heavy atom. The summed E-state index contributed by atoms with van der Waals surface area (Å²) in [4.78, 5) is 129. The average molecular weight is 1010 g/mol. The van der Waals surface area contributed by atoms with Crippen LogP contribution >= 0.6 is 7.60 Å². The van der Waals surface area contributed by atoms with Crippen LogP contribution in [0, 0.1) is 29.6 Å². The van der Waals surface area contributed by atoms with E-state index in [9.17, 15) is 61.5 Å².